The second kappa shape index (κ2) is 6.58. The highest BCUT2D eigenvalue weighted by Gasteiger charge is 2.53. The van der Waals surface area contributed by atoms with E-state index in [2.05, 4.69) is 36.9 Å². The summed E-state index contributed by atoms with van der Waals surface area (Å²) >= 11 is 0. The average Bonchev–Trinajstić information content (AvgIpc) is 3.25. The molecular weight excluding hydrogens is 332 g/mol. The van der Waals surface area contributed by atoms with E-state index >= 15 is 0 Å². The molecule has 140 valence electrons. The maximum atomic E-state index is 13.0. The van der Waals surface area contributed by atoms with Gasteiger partial charge in [-0.3, -0.25) is 4.79 Å². The summed E-state index contributed by atoms with van der Waals surface area (Å²) in [4.78, 5) is 28.6. The molecule has 3 aliphatic heterocycles. The SMILES string of the molecule is Cc1cccc(N2CCN(C(=O)[C@H]3[C@@H](C(=O)[O-])[C@@H]4CC[C@H]3O4)CC2)c1C. The Labute approximate surface area is 153 Å². The number of amides is 1. The van der Waals surface area contributed by atoms with Crippen LogP contribution in [0.1, 0.15) is 24.0 Å². The van der Waals surface area contributed by atoms with Crippen LogP contribution in [0.25, 0.3) is 0 Å². The van der Waals surface area contributed by atoms with E-state index in [0.717, 1.165) is 19.5 Å². The Kier molecular flexibility index (Phi) is 4.39. The van der Waals surface area contributed by atoms with Crippen molar-refractivity contribution in [3.05, 3.63) is 29.3 Å². The summed E-state index contributed by atoms with van der Waals surface area (Å²) in [5.74, 6) is -2.60. The normalized spacial score (nSPS) is 30.7. The van der Waals surface area contributed by atoms with Crippen LogP contribution in [-0.4, -0.2) is 55.2 Å². The molecule has 2 bridgehead atoms. The Hall–Kier alpha value is -2.08. The third-order valence-electron chi connectivity index (χ3n) is 6.34. The molecule has 1 aromatic carbocycles. The molecule has 0 radical (unpaired) electrons. The summed E-state index contributed by atoms with van der Waals surface area (Å²) in [6.45, 7) is 6.97. The molecule has 0 aliphatic carbocycles. The van der Waals surface area contributed by atoms with Crippen LogP contribution in [0.15, 0.2) is 18.2 Å². The molecule has 3 fully saturated rings. The van der Waals surface area contributed by atoms with Crippen LogP contribution >= 0.6 is 0 Å². The molecule has 1 aromatic rings. The highest BCUT2D eigenvalue weighted by Crippen LogP contribution is 2.44. The van der Waals surface area contributed by atoms with Crippen molar-refractivity contribution in [1.29, 1.82) is 0 Å². The van der Waals surface area contributed by atoms with Crippen LogP contribution < -0.4 is 10.0 Å². The molecule has 0 aromatic heterocycles. The molecule has 3 aliphatic rings. The highest BCUT2D eigenvalue weighted by molar-refractivity contribution is 5.86. The number of carbonyl (C=O) groups is 2. The fraction of sp³-hybridized carbons (Fsp3) is 0.600. The lowest BCUT2D eigenvalue weighted by Crippen LogP contribution is -2.54. The first-order valence-corrected chi connectivity index (χ1v) is 9.43. The van der Waals surface area contributed by atoms with Crippen molar-refractivity contribution in [2.24, 2.45) is 11.8 Å². The molecular formula is C20H25N2O4-. The van der Waals surface area contributed by atoms with Gasteiger partial charge in [0.2, 0.25) is 5.91 Å². The first kappa shape index (κ1) is 17.3. The van der Waals surface area contributed by atoms with Crippen LogP contribution in [0.5, 0.6) is 0 Å². The Morgan fingerprint density at radius 2 is 1.69 bits per heavy atom. The fourth-order valence-electron chi connectivity index (χ4n) is 4.75. The van der Waals surface area contributed by atoms with Crippen LogP contribution in [0.3, 0.4) is 0 Å². The molecule has 26 heavy (non-hydrogen) atoms. The van der Waals surface area contributed by atoms with Crippen molar-refractivity contribution < 1.29 is 19.4 Å². The molecule has 4 atom stereocenters. The summed E-state index contributed by atoms with van der Waals surface area (Å²) in [7, 11) is 0. The third kappa shape index (κ3) is 2.76. The minimum atomic E-state index is -1.15. The lowest BCUT2D eigenvalue weighted by molar-refractivity contribution is -0.314. The smallest absolute Gasteiger partial charge is 0.229 e. The van der Waals surface area contributed by atoms with Crippen molar-refractivity contribution in [3.63, 3.8) is 0 Å². The van der Waals surface area contributed by atoms with Gasteiger partial charge in [0.15, 0.2) is 0 Å². The number of hydrogen-bond donors (Lipinski definition) is 0. The third-order valence-corrected chi connectivity index (χ3v) is 6.34. The summed E-state index contributed by atoms with van der Waals surface area (Å²) in [5.41, 5.74) is 3.75. The molecule has 3 heterocycles. The number of fused-ring (bicyclic) bond motifs is 2. The number of carbonyl (C=O) groups excluding carboxylic acids is 2. The van der Waals surface area contributed by atoms with Crippen molar-refractivity contribution in [1.82, 2.24) is 4.90 Å². The molecule has 1 amide bonds. The van der Waals surface area contributed by atoms with Gasteiger partial charge in [0.25, 0.3) is 0 Å². The number of carboxylic acids is 1. The van der Waals surface area contributed by atoms with Crippen LogP contribution in [0.2, 0.25) is 0 Å². The van der Waals surface area contributed by atoms with Gasteiger partial charge >= 0.3 is 0 Å². The van der Waals surface area contributed by atoms with E-state index in [4.69, 9.17) is 4.74 Å². The van der Waals surface area contributed by atoms with Crippen molar-refractivity contribution in [2.45, 2.75) is 38.9 Å². The predicted octanol–water partition coefficient (Wildman–Crippen LogP) is 0.496. The maximum Gasteiger partial charge on any atom is 0.229 e. The van der Waals surface area contributed by atoms with Gasteiger partial charge < -0.3 is 24.4 Å². The van der Waals surface area contributed by atoms with Gasteiger partial charge in [-0.05, 0) is 43.9 Å². The zero-order valence-corrected chi connectivity index (χ0v) is 15.3. The molecule has 0 spiro atoms. The van der Waals surface area contributed by atoms with Gasteiger partial charge in [0.1, 0.15) is 0 Å². The van der Waals surface area contributed by atoms with Crippen LogP contribution in [-0.2, 0) is 14.3 Å². The van der Waals surface area contributed by atoms with E-state index in [9.17, 15) is 14.7 Å². The molecule has 6 nitrogen and oxygen atoms in total. The first-order valence-electron chi connectivity index (χ1n) is 9.43. The number of carboxylic acid groups (broad SMARTS) is 1. The number of ether oxygens (including phenoxy) is 1. The number of aryl methyl sites for hydroxylation is 1. The number of rotatable bonds is 3. The summed E-state index contributed by atoms with van der Waals surface area (Å²) in [6, 6.07) is 6.29. The average molecular weight is 357 g/mol. The van der Waals surface area contributed by atoms with Gasteiger partial charge in [-0.2, -0.15) is 0 Å². The van der Waals surface area contributed by atoms with Gasteiger partial charge in [-0.25, -0.2) is 0 Å². The summed E-state index contributed by atoms with van der Waals surface area (Å²) in [6.07, 6.45) is 0.878. The molecule has 0 N–H and O–H groups in total. The Morgan fingerprint density at radius 3 is 2.35 bits per heavy atom. The van der Waals surface area contributed by atoms with Crippen LogP contribution in [0, 0.1) is 25.7 Å². The highest BCUT2D eigenvalue weighted by atomic mass is 16.5. The Bertz CT molecular complexity index is 727. The summed E-state index contributed by atoms with van der Waals surface area (Å²) < 4.78 is 5.71. The topological polar surface area (TPSA) is 72.9 Å². The van der Waals surface area contributed by atoms with Gasteiger partial charge in [-0.1, -0.05) is 12.1 Å². The van der Waals surface area contributed by atoms with Gasteiger partial charge in [0, 0.05) is 43.8 Å². The zero-order chi connectivity index (χ0) is 18.4. The zero-order valence-electron chi connectivity index (χ0n) is 15.3. The van der Waals surface area contributed by atoms with E-state index < -0.39 is 17.8 Å². The largest absolute Gasteiger partial charge is 0.550 e. The van der Waals surface area contributed by atoms with Crippen molar-refractivity contribution >= 4 is 17.6 Å². The van der Waals surface area contributed by atoms with E-state index in [1.165, 1.54) is 16.8 Å². The van der Waals surface area contributed by atoms with E-state index in [1.807, 2.05) is 4.90 Å². The minimum Gasteiger partial charge on any atom is -0.550 e. The Morgan fingerprint density at radius 1 is 1.04 bits per heavy atom. The second-order valence-corrected chi connectivity index (χ2v) is 7.69. The van der Waals surface area contributed by atoms with E-state index in [1.54, 1.807) is 0 Å². The van der Waals surface area contributed by atoms with Crippen LogP contribution in [0.4, 0.5) is 5.69 Å². The number of nitrogens with zero attached hydrogens (tertiary/aromatic N) is 2. The Balaban J connectivity index is 1.44. The van der Waals surface area contributed by atoms with Crippen molar-refractivity contribution in [3.8, 4) is 0 Å². The maximum absolute atomic E-state index is 13.0. The van der Waals surface area contributed by atoms with E-state index in [0.29, 0.717) is 19.5 Å². The molecule has 0 saturated carbocycles. The number of hydrogen-bond acceptors (Lipinski definition) is 5. The molecule has 6 heteroatoms. The first-order chi connectivity index (χ1) is 12.5. The lowest BCUT2D eigenvalue weighted by Gasteiger charge is -2.39. The number of aliphatic carboxylic acids is 1. The second-order valence-electron chi connectivity index (χ2n) is 7.69. The quantitative estimate of drug-likeness (QED) is 0.787. The predicted molar refractivity (Wildman–Crippen MR) is 94.6 cm³/mol. The standard InChI is InChI=1S/C20H26N2O4/c1-12-4-3-5-14(13(12)2)21-8-10-22(11-9-21)19(23)17-15-6-7-16(26-15)18(17)20(24)25/h3-5,15-18H,6-11H2,1-2H3,(H,24,25)/p-1/t15-,16+,17-,18+/m1/s1. The summed E-state index contributed by atoms with van der Waals surface area (Å²) in [5, 5.41) is 11.5. The molecule has 0 unspecified atom stereocenters. The van der Waals surface area contributed by atoms with Crippen molar-refractivity contribution in [2.75, 3.05) is 31.1 Å². The molecule has 3 saturated heterocycles. The lowest BCUT2D eigenvalue weighted by atomic mass is 9.78. The van der Waals surface area contributed by atoms with Gasteiger partial charge in [-0.15, -0.1) is 0 Å². The monoisotopic (exact) mass is 357 g/mol. The fourth-order valence-corrected chi connectivity index (χ4v) is 4.75. The minimum absolute atomic E-state index is 0.0768. The molecule has 4 rings (SSSR count). The van der Waals surface area contributed by atoms with Gasteiger partial charge in [0.05, 0.1) is 18.1 Å². The number of anilines is 1. The van der Waals surface area contributed by atoms with E-state index in [-0.39, 0.29) is 18.1 Å². The number of piperazine rings is 1. The number of benzene rings is 1.